The molecule has 24 heavy (non-hydrogen) atoms. The minimum Gasteiger partial charge on any atom is -0.497 e. The fourth-order valence-electron chi connectivity index (χ4n) is 2.72. The highest BCUT2D eigenvalue weighted by Gasteiger charge is 2.40. The quantitative estimate of drug-likeness (QED) is 0.470. The monoisotopic (exact) mass is 327 g/mol. The molecule has 0 heterocycles. The molecule has 124 valence electrons. The van der Waals surface area contributed by atoms with Crippen molar-refractivity contribution in [2.45, 2.75) is 19.3 Å². The average molecular weight is 327 g/mol. The van der Waals surface area contributed by atoms with Gasteiger partial charge in [0.2, 0.25) is 0 Å². The zero-order chi connectivity index (χ0) is 17.1. The molecule has 1 aliphatic rings. The van der Waals surface area contributed by atoms with Crippen molar-refractivity contribution >= 4 is 11.7 Å². The zero-order valence-electron chi connectivity index (χ0n) is 13.5. The summed E-state index contributed by atoms with van der Waals surface area (Å²) in [6, 6.07) is 13.2. The van der Waals surface area contributed by atoms with Crippen LogP contribution in [0.1, 0.15) is 35.2 Å². The SMILES string of the molecule is COc1cccc(C(=O)ON=C(C)C2CC2c2ccc(F)cc2)c1. The Bertz CT molecular complexity index is 770. The number of carbonyl (C=O) groups excluding carboxylic acids is 1. The number of nitrogens with zero attached hydrogens (tertiary/aromatic N) is 1. The highest BCUT2D eigenvalue weighted by molar-refractivity contribution is 5.92. The van der Waals surface area contributed by atoms with Crippen LogP contribution in [0.2, 0.25) is 0 Å². The lowest BCUT2D eigenvalue weighted by atomic mass is 10.1. The van der Waals surface area contributed by atoms with Gasteiger partial charge in [0.05, 0.1) is 18.4 Å². The van der Waals surface area contributed by atoms with E-state index in [1.165, 1.54) is 19.2 Å². The van der Waals surface area contributed by atoms with E-state index in [9.17, 15) is 9.18 Å². The first-order chi connectivity index (χ1) is 11.6. The molecular weight excluding hydrogens is 309 g/mol. The van der Waals surface area contributed by atoms with Crippen LogP contribution >= 0.6 is 0 Å². The summed E-state index contributed by atoms with van der Waals surface area (Å²) in [7, 11) is 1.54. The van der Waals surface area contributed by atoms with E-state index < -0.39 is 5.97 Å². The molecule has 1 saturated carbocycles. The van der Waals surface area contributed by atoms with Crippen LogP contribution in [0.5, 0.6) is 5.75 Å². The highest BCUT2D eigenvalue weighted by atomic mass is 19.1. The summed E-state index contributed by atoms with van der Waals surface area (Å²) in [5.74, 6) is 0.364. The Hall–Kier alpha value is -2.69. The summed E-state index contributed by atoms with van der Waals surface area (Å²) in [4.78, 5) is 17.1. The predicted molar refractivity (Wildman–Crippen MR) is 88.8 cm³/mol. The molecule has 0 amide bonds. The van der Waals surface area contributed by atoms with Crippen LogP contribution in [0.3, 0.4) is 0 Å². The van der Waals surface area contributed by atoms with E-state index in [4.69, 9.17) is 9.57 Å². The molecule has 0 saturated heterocycles. The van der Waals surface area contributed by atoms with Crippen LogP contribution in [-0.4, -0.2) is 18.8 Å². The van der Waals surface area contributed by atoms with Crippen LogP contribution in [0.4, 0.5) is 4.39 Å². The second-order valence-electron chi connectivity index (χ2n) is 5.84. The van der Waals surface area contributed by atoms with Gasteiger partial charge in [0.15, 0.2) is 0 Å². The van der Waals surface area contributed by atoms with Gasteiger partial charge in [0.1, 0.15) is 11.6 Å². The number of ether oxygens (including phenoxy) is 1. The van der Waals surface area contributed by atoms with E-state index in [0.717, 1.165) is 17.7 Å². The van der Waals surface area contributed by atoms with E-state index in [1.807, 2.05) is 6.92 Å². The van der Waals surface area contributed by atoms with Gasteiger partial charge in [0, 0.05) is 5.92 Å². The smallest absolute Gasteiger partial charge is 0.365 e. The molecule has 2 atom stereocenters. The summed E-state index contributed by atoms with van der Waals surface area (Å²) >= 11 is 0. The summed E-state index contributed by atoms with van der Waals surface area (Å²) < 4.78 is 18.0. The van der Waals surface area contributed by atoms with E-state index in [1.54, 1.807) is 36.4 Å². The van der Waals surface area contributed by atoms with Gasteiger partial charge in [-0.25, -0.2) is 9.18 Å². The van der Waals surface area contributed by atoms with Crippen molar-refractivity contribution in [2.24, 2.45) is 11.1 Å². The van der Waals surface area contributed by atoms with Crippen LogP contribution in [0.25, 0.3) is 0 Å². The van der Waals surface area contributed by atoms with Crippen LogP contribution in [-0.2, 0) is 4.84 Å². The molecule has 5 heteroatoms. The lowest BCUT2D eigenvalue weighted by Crippen LogP contribution is -2.05. The van der Waals surface area contributed by atoms with E-state index in [2.05, 4.69) is 5.16 Å². The van der Waals surface area contributed by atoms with Crippen LogP contribution in [0.15, 0.2) is 53.7 Å². The number of benzene rings is 2. The number of carbonyl (C=O) groups is 1. The van der Waals surface area contributed by atoms with Crippen molar-refractivity contribution in [3.63, 3.8) is 0 Å². The number of rotatable bonds is 5. The lowest BCUT2D eigenvalue weighted by Gasteiger charge is -2.03. The van der Waals surface area contributed by atoms with Gasteiger partial charge in [-0.1, -0.05) is 23.4 Å². The van der Waals surface area contributed by atoms with E-state index in [-0.39, 0.29) is 11.7 Å². The summed E-state index contributed by atoms with van der Waals surface area (Å²) in [5, 5.41) is 3.96. The molecule has 0 spiro atoms. The number of halogens is 1. The van der Waals surface area contributed by atoms with E-state index in [0.29, 0.717) is 17.2 Å². The zero-order valence-corrected chi connectivity index (χ0v) is 13.5. The Morgan fingerprint density at radius 1 is 1.21 bits per heavy atom. The molecule has 2 aromatic carbocycles. The Labute approximate surface area is 139 Å². The number of hydrogen-bond acceptors (Lipinski definition) is 4. The third kappa shape index (κ3) is 3.62. The molecule has 0 N–H and O–H groups in total. The highest BCUT2D eigenvalue weighted by Crippen LogP contribution is 2.48. The maximum atomic E-state index is 13.0. The minimum atomic E-state index is -0.521. The largest absolute Gasteiger partial charge is 0.497 e. The Morgan fingerprint density at radius 2 is 1.96 bits per heavy atom. The predicted octanol–water partition coefficient (Wildman–Crippen LogP) is 4.17. The Morgan fingerprint density at radius 3 is 2.67 bits per heavy atom. The number of oxime groups is 1. The molecule has 2 aromatic rings. The first-order valence-corrected chi connectivity index (χ1v) is 7.74. The molecule has 1 aliphatic carbocycles. The fourth-order valence-corrected chi connectivity index (χ4v) is 2.72. The molecule has 0 aliphatic heterocycles. The second-order valence-corrected chi connectivity index (χ2v) is 5.84. The van der Waals surface area contributed by atoms with Crippen molar-refractivity contribution in [1.29, 1.82) is 0 Å². The normalized spacial score (nSPS) is 19.7. The van der Waals surface area contributed by atoms with Gasteiger partial charge >= 0.3 is 5.97 Å². The minimum absolute atomic E-state index is 0.230. The first kappa shape index (κ1) is 16.2. The maximum Gasteiger partial charge on any atom is 0.365 e. The van der Waals surface area contributed by atoms with Crippen molar-refractivity contribution in [3.8, 4) is 5.75 Å². The Kier molecular flexibility index (Phi) is 4.60. The van der Waals surface area contributed by atoms with Gasteiger partial charge in [0.25, 0.3) is 0 Å². The van der Waals surface area contributed by atoms with Gasteiger partial charge in [-0.3, -0.25) is 0 Å². The molecule has 4 nitrogen and oxygen atoms in total. The first-order valence-electron chi connectivity index (χ1n) is 7.74. The number of methoxy groups -OCH3 is 1. The van der Waals surface area contributed by atoms with Gasteiger partial charge in [-0.05, 0) is 55.2 Å². The fraction of sp³-hybridized carbons (Fsp3) is 0.263. The molecule has 3 rings (SSSR count). The molecule has 2 unspecified atom stereocenters. The molecule has 1 fully saturated rings. The summed E-state index contributed by atoms with van der Waals surface area (Å²) in [6.45, 7) is 1.84. The lowest BCUT2D eigenvalue weighted by molar-refractivity contribution is 0.0514. The summed E-state index contributed by atoms with van der Waals surface area (Å²) in [5.41, 5.74) is 2.23. The van der Waals surface area contributed by atoms with E-state index >= 15 is 0 Å². The van der Waals surface area contributed by atoms with Crippen LogP contribution < -0.4 is 4.74 Å². The van der Waals surface area contributed by atoms with Crippen molar-refractivity contribution < 1.29 is 18.8 Å². The standard InChI is InChI=1S/C19H18FNO3/c1-12(17-11-18(17)13-6-8-15(20)9-7-13)21-24-19(22)14-4-3-5-16(10-14)23-2/h3-10,17-18H,11H2,1-2H3. The molecular formula is C19H18FNO3. The van der Waals surface area contributed by atoms with Gasteiger partial charge in [-0.2, -0.15) is 0 Å². The number of hydrogen-bond donors (Lipinski definition) is 0. The summed E-state index contributed by atoms with van der Waals surface area (Å²) in [6.07, 6.45) is 0.928. The van der Waals surface area contributed by atoms with Crippen molar-refractivity contribution in [1.82, 2.24) is 0 Å². The third-order valence-electron chi connectivity index (χ3n) is 4.20. The van der Waals surface area contributed by atoms with Gasteiger partial charge in [-0.15, -0.1) is 0 Å². The molecule has 0 radical (unpaired) electrons. The maximum absolute atomic E-state index is 13.0. The van der Waals surface area contributed by atoms with Crippen LogP contribution in [0, 0.1) is 11.7 Å². The van der Waals surface area contributed by atoms with Crippen molar-refractivity contribution in [2.75, 3.05) is 7.11 Å². The van der Waals surface area contributed by atoms with Gasteiger partial charge < -0.3 is 9.57 Å². The topological polar surface area (TPSA) is 47.9 Å². The third-order valence-corrected chi connectivity index (χ3v) is 4.20. The second kappa shape index (κ2) is 6.83. The molecule has 0 bridgehead atoms. The Balaban J connectivity index is 1.60. The van der Waals surface area contributed by atoms with Crippen molar-refractivity contribution in [3.05, 3.63) is 65.5 Å². The average Bonchev–Trinajstić information content (AvgIpc) is 3.41. The molecule has 0 aromatic heterocycles.